The van der Waals surface area contributed by atoms with E-state index >= 15 is 0 Å². The van der Waals surface area contributed by atoms with Crippen LogP contribution in [0.4, 0.5) is 0 Å². The lowest BCUT2D eigenvalue weighted by molar-refractivity contribution is 0.753. The molecule has 0 fully saturated rings. The minimum absolute atomic E-state index is 1.20. The highest BCUT2D eigenvalue weighted by Crippen LogP contribution is 2.40. The fourth-order valence-electron chi connectivity index (χ4n) is 2.65. The van der Waals surface area contributed by atoms with Crippen molar-refractivity contribution in [1.82, 2.24) is 0 Å². The van der Waals surface area contributed by atoms with Gasteiger partial charge in [0.05, 0.1) is 0 Å². The molecule has 1 heteroatoms. The van der Waals surface area contributed by atoms with E-state index in [1.807, 2.05) is 11.3 Å². The first-order chi connectivity index (χ1) is 8.86. The van der Waals surface area contributed by atoms with Crippen LogP contribution in [-0.4, -0.2) is 0 Å². The lowest BCUT2D eigenvalue weighted by Crippen LogP contribution is -1.90. The number of hydrogen-bond donors (Lipinski definition) is 0. The Hall–Kier alpha value is -0.820. The maximum Gasteiger partial charge on any atom is 0.0342 e. The molecule has 0 aliphatic heterocycles. The molecule has 1 aliphatic rings. The summed E-state index contributed by atoms with van der Waals surface area (Å²) in [5, 5.41) is 2.19. The van der Waals surface area contributed by atoms with Crippen molar-refractivity contribution >= 4 is 16.9 Å². The van der Waals surface area contributed by atoms with Crippen LogP contribution in [0.15, 0.2) is 34.7 Å². The molecule has 0 nitrogen and oxygen atoms in total. The highest BCUT2D eigenvalue weighted by molar-refractivity contribution is 7.11. The molecule has 0 aromatic carbocycles. The first kappa shape index (κ1) is 13.6. The van der Waals surface area contributed by atoms with Gasteiger partial charge in [-0.2, -0.15) is 0 Å². The number of rotatable bonds is 7. The van der Waals surface area contributed by atoms with E-state index in [0.29, 0.717) is 0 Å². The largest absolute Gasteiger partial charge is 0.144 e. The number of allylic oxidation sites excluding steroid dienone is 4. The van der Waals surface area contributed by atoms with Gasteiger partial charge in [0.15, 0.2) is 0 Å². The molecular weight excluding hydrogens is 236 g/mol. The third kappa shape index (κ3) is 3.14. The third-order valence-corrected chi connectivity index (χ3v) is 4.61. The molecule has 2 rings (SSSR count). The zero-order valence-electron chi connectivity index (χ0n) is 11.7. The van der Waals surface area contributed by atoms with Crippen molar-refractivity contribution in [2.45, 2.75) is 58.8 Å². The minimum Gasteiger partial charge on any atom is -0.144 e. The summed E-state index contributed by atoms with van der Waals surface area (Å²) < 4.78 is 0. The van der Waals surface area contributed by atoms with Crippen LogP contribution in [0, 0.1) is 0 Å². The Bertz CT molecular complexity index is 420. The lowest BCUT2D eigenvalue weighted by atomic mass is 9.96. The predicted octanol–water partition coefficient (Wildman–Crippen LogP) is 6.21. The first-order valence-corrected chi connectivity index (χ1v) is 8.20. The number of unbranched alkanes of at least 4 members (excludes halogenated alkanes) is 2. The van der Waals surface area contributed by atoms with Gasteiger partial charge < -0.3 is 0 Å². The second-order valence-corrected chi connectivity index (χ2v) is 6.04. The zero-order chi connectivity index (χ0) is 12.8. The van der Waals surface area contributed by atoms with Gasteiger partial charge in [0, 0.05) is 4.88 Å². The monoisotopic (exact) mass is 260 g/mol. The van der Waals surface area contributed by atoms with Gasteiger partial charge in [-0.25, -0.2) is 0 Å². The summed E-state index contributed by atoms with van der Waals surface area (Å²) in [6.07, 6.45) is 11.5. The molecule has 0 radical (unpaired) electrons. The Morgan fingerprint density at radius 1 is 1.11 bits per heavy atom. The summed E-state index contributed by atoms with van der Waals surface area (Å²) in [6.45, 7) is 4.57. The van der Waals surface area contributed by atoms with E-state index < -0.39 is 0 Å². The maximum absolute atomic E-state index is 2.46. The quantitative estimate of drug-likeness (QED) is 0.546. The molecule has 0 bridgehead atoms. The van der Waals surface area contributed by atoms with E-state index in [-0.39, 0.29) is 0 Å². The SMILES string of the molecule is CCCCC1=C(CCCC)C(c2cccs2)=CC1. The van der Waals surface area contributed by atoms with Crippen molar-refractivity contribution in [3.8, 4) is 0 Å². The molecule has 0 N–H and O–H groups in total. The Kier molecular flexibility index (Phi) is 5.25. The van der Waals surface area contributed by atoms with Crippen molar-refractivity contribution in [1.29, 1.82) is 0 Å². The third-order valence-electron chi connectivity index (χ3n) is 3.70. The van der Waals surface area contributed by atoms with Crippen LogP contribution in [0.3, 0.4) is 0 Å². The van der Waals surface area contributed by atoms with Crippen LogP contribution < -0.4 is 0 Å². The molecular formula is C17H24S. The predicted molar refractivity (Wildman–Crippen MR) is 83.0 cm³/mol. The molecule has 98 valence electrons. The normalized spacial score (nSPS) is 15.3. The van der Waals surface area contributed by atoms with Crippen molar-refractivity contribution in [2.75, 3.05) is 0 Å². The summed E-state index contributed by atoms with van der Waals surface area (Å²) in [4.78, 5) is 1.47. The molecule has 0 saturated heterocycles. The van der Waals surface area contributed by atoms with E-state index in [2.05, 4.69) is 37.4 Å². The van der Waals surface area contributed by atoms with Crippen molar-refractivity contribution in [3.05, 3.63) is 39.6 Å². The number of thiophene rings is 1. The Morgan fingerprint density at radius 2 is 1.89 bits per heavy atom. The van der Waals surface area contributed by atoms with Crippen LogP contribution in [0.2, 0.25) is 0 Å². The van der Waals surface area contributed by atoms with Crippen LogP contribution in [0.25, 0.3) is 5.57 Å². The average molecular weight is 260 g/mol. The molecule has 1 aromatic rings. The first-order valence-electron chi connectivity index (χ1n) is 7.32. The smallest absolute Gasteiger partial charge is 0.0342 e. The Balaban J connectivity index is 2.16. The molecule has 0 spiro atoms. The summed E-state index contributed by atoms with van der Waals surface area (Å²) in [7, 11) is 0. The number of hydrogen-bond acceptors (Lipinski definition) is 1. The highest BCUT2D eigenvalue weighted by atomic mass is 32.1. The van der Waals surface area contributed by atoms with Gasteiger partial charge in [0.1, 0.15) is 0 Å². The molecule has 0 saturated carbocycles. The lowest BCUT2D eigenvalue weighted by Gasteiger charge is -2.10. The summed E-state index contributed by atoms with van der Waals surface area (Å²) in [5.74, 6) is 0. The van der Waals surface area contributed by atoms with Crippen molar-refractivity contribution in [2.24, 2.45) is 0 Å². The van der Waals surface area contributed by atoms with Gasteiger partial charge in [-0.15, -0.1) is 11.3 Å². The maximum atomic E-state index is 2.46. The summed E-state index contributed by atoms with van der Waals surface area (Å²) in [5.41, 5.74) is 4.94. The fraction of sp³-hybridized carbons (Fsp3) is 0.529. The minimum atomic E-state index is 1.20. The van der Waals surface area contributed by atoms with E-state index in [0.717, 1.165) is 0 Å². The molecule has 18 heavy (non-hydrogen) atoms. The summed E-state index contributed by atoms with van der Waals surface area (Å²) in [6, 6.07) is 4.44. The summed E-state index contributed by atoms with van der Waals surface area (Å²) >= 11 is 1.88. The van der Waals surface area contributed by atoms with Crippen LogP contribution in [0.1, 0.15) is 63.7 Å². The van der Waals surface area contributed by atoms with Gasteiger partial charge in [0.2, 0.25) is 0 Å². The van der Waals surface area contributed by atoms with Gasteiger partial charge in [-0.1, -0.05) is 44.4 Å². The fourth-order valence-corrected chi connectivity index (χ4v) is 3.45. The second kappa shape index (κ2) is 6.94. The molecule has 1 aromatic heterocycles. The molecule has 0 atom stereocenters. The topological polar surface area (TPSA) is 0 Å². The van der Waals surface area contributed by atoms with Gasteiger partial charge in [-0.3, -0.25) is 0 Å². The van der Waals surface area contributed by atoms with Crippen molar-refractivity contribution < 1.29 is 0 Å². The van der Waals surface area contributed by atoms with Gasteiger partial charge >= 0.3 is 0 Å². The van der Waals surface area contributed by atoms with Crippen LogP contribution in [0.5, 0.6) is 0 Å². The van der Waals surface area contributed by atoms with E-state index in [1.165, 1.54) is 49.8 Å². The van der Waals surface area contributed by atoms with E-state index in [1.54, 1.807) is 16.7 Å². The highest BCUT2D eigenvalue weighted by Gasteiger charge is 2.18. The van der Waals surface area contributed by atoms with E-state index in [9.17, 15) is 0 Å². The van der Waals surface area contributed by atoms with Crippen molar-refractivity contribution in [3.63, 3.8) is 0 Å². The Labute approximate surface area is 115 Å². The van der Waals surface area contributed by atoms with Gasteiger partial charge in [0.25, 0.3) is 0 Å². The molecule has 1 heterocycles. The Morgan fingerprint density at radius 3 is 2.56 bits per heavy atom. The van der Waals surface area contributed by atoms with E-state index in [4.69, 9.17) is 0 Å². The van der Waals surface area contributed by atoms with Gasteiger partial charge in [-0.05, 0) is 54.7 Å². The van der Waals surface area contributed by atoms with Crippen LogP contribution in [-0.2, 0) is 0 Å². The van der Waals surface area contributed by atoms with Crippen LogP contribution >= 0.6 is 11.3 Å². The standard InChI is InChI=1S/C17H24S/c1-3-5-8-14-11-12-16(15(14)9-6-4-2)17-10-7-13-18-17/h7,10,12-13H,3-6,8-9,11H2,1-2H3. The zero-order valence-corrected chi connectivity index (χ0v) is 12.5. The molecule has 0 amide bonds. The average Bonchev–Trinajstić information content (AvgIpc) is 3.02. The molecule has 1 aliphatic carbocycles. The second-order valence-electron chi connectivity index (χ2n) is 5.09. The molecule has 0 unspecified atom stereocenters.